The van der Waals surface area contributed by atoms with Crippen molar-refractivity contribution in [1.82, 2.24) is 15.3 Å². The van der Waals surface area contributed by atoms with Crippen LogP contribution in [-0.2, 0) is 22.4 Å². The first kappa shape index (κ1) is 19.8. The van der Waals surface area contributed by atoms with Gasteiger partial charge < -0.3 is 26.2 Å². The van der Waals surface area contributed by atoms with E-state index < -0.39 is 24.0 Å². The quantitative estimate of drug-likeness (QED) is 0.470. The molecule has 0 radical (unpaired) electrons. The Morgan fingerprint density at radius 3 is 2.62 bits per heavy atom. The number of thiophene rings is 1. The Morgan fingerprint density at radius 2 is 2.17 bits per heavy atom. The van der Waals surface area contributed by atoms with Crippen molar-refractivity contribution in [3.63, 3.8) is 0 Å². The Hall–Kier alpha value is -2.23. The highest BCUT2D eigenvalue weighted by molar-refractivity contribution is 7.07. The lowest BCUT2D eigenvalue weighted by molar-refractivity contribution is -0.140. The van der Waals surface area contributed by atoms with Gasteiger partial charge in [-0.25, -0.2) is 4.98 Å². The van der Waals surface area contributed by atoms with E-state index in [1.165, 1.54) is 6.33 Å². The van der Waals surface area contributed by atoms with E-state index >= 15 is 0 Å². The maximum atomic E-state index is 10.6. The van der Waals surface area contributed by atoms with Crippen molar-refractivity contribution < 1.29 is 19.8 Å². The number of aliphatic carboxylic acids is 2. The van der Waals surface area contributed by atoms with Crippen LogP contribution in [0.2, 0.25) is 0 Å². The minimum Gasteiger partial charge on any atom is -0.480 e. The van der Waals surface area contributed by atoms with Crippen LogP contribution < -0.4 is 11.1 Å². The molecule has 2 aromatic heterocycles. The van der Waals surface area contributed by atoms with Crippen molar-refractivity contribution in [3.8, 4) is 0 Å². The molecule has 2 aromatic rings. The van der Waals surface area contributed by atoms with Gasteiger partial charge in [-0.2, -0.15) is 11.3 Å². The van der Waals surface area contributed by atoms with Crippen molar-refractivity contribution in [3.05, 3.63) is 40.6 Å². The summed E-state index contributed by atoms with van der Waals surface area (Å²) in [5.41, 5.74) is 7.25. The topological polar surface area (TPSA) is 141 Å². The number of imidazole rings is 1. The van der Waals surface area contributed by atoms with E-state index in [1.54, 1.807) is 24.6 Å². The number of likely N-dealkylation sites (N-methyl/N-ethyl adjacent to an activating group) is 1. The summed E-state index contributed by atoms with van der Waals surface area (Å²) in [6, 6.07) is 0.692. The molecule has 24 heavy (non-hydrogen) atoms. The number of hydrogen-bond donors (Lipinski definition) is 5. The Morgan fingerprint density at radius 1 is 1.42 bits per heavy atom. The van der Waals surface area contributed by atoms with Gasteiger partial charge in [-0.05, 0) is 42.3 Å². The molecule has 0 amide bonds. The van der Waals surface area contributed by atoms with E-state index in [9.17, 15) is 9.59 Å². The first-order chi connectivity index (χ1) is 11.4. The number of aromatic nitrogens is 2. The van der Waals surface area contributed by atoms with Crippen LogP contribution in [0.4, 0.5) is 0 Å². The second kappa shape index (κ2) is 10.5. The minimum atomic E-state index is -0.926. The van der Waals surface area contributed by atoms with Crippen LogP contribution in [0.1, 0.15) is 17.7 Å². The van der Waals surface area contributed by atoms with Gasteiger partial charge >= 0.3 is 11.9 Å². The third kappa shape index (κ3) is 7.36. The second-order valence-electron chi connectivity index (χ2n) is 5.06. The predicted octanol–water partition coefficient (Wildman–Crippen LogP) is 0.717. The molecule has 0 aliphatic rings. The number of rotatable bonds is 8. The lowest BCUT2D eigenvalue weighted by Crippen LogP contribution is -2.35. The molecule has 0 spiro atoms. The summed E-state index contributed by atoms with van der Waals surface area (Å²) in [5, 5.41) is 23.8. The first-order valence-corrected chi connectivity index (χ1v) is 8.25. The summed E-state index contributed by atoms with van der Waals surface area (Å²) in [6.07, 6.45) is 4.87. The van der Waals surface area contributed by atoms with Gasteiger partial charge in [-0.3, -0.25) is 9.59 Å². The largest absolute Gasteiger partial charge is 0.480 e. The number of carboxylic acid groups (broad SMARTS) is 2. The van der Waals surface area contributed by atoms with Crippen LogP contribution in [0, 0.1) is 0 Å². The number of aryl methyl sites for hydroxylation is 1. The molecule has 2 rings (SSSR count). The molecule has 1 unspecified atom stereocenters. The van der Waals surface area contributed by atoms with Gasteiger partial charge in [-0.1, -0.05) is 0 Å². The number of nitrogens with two attached hydrogens (primary N) is 1. The van der Waals surface area contributed by atoms with Crippen molar-refractivity contribution in [2.24, 2.45) is 5.73 Å². The zero-order valence-electron chi connectivity index (χ0n) is 13.3. The summed E-state index contributed by atoms with van der Waals surface area (Å²) in [4.78, 5) is 27.6. The molecule has 0 aromatic carbocycles. The molecule has 2 atom stereocenters. The highest BCUT2D eigenvalue weighted by Gasteiger charge is 2.15. The maximum Gasteiger partial charge on any atom is 0.321 e. The Labute approximate surface area is 143 Å². The zero-order chi connectivity index (χ0) is 17.9. The Kier molecular flexibility index (Phi) is 8.69. The average Bonchev–Trinajstić information content (AvgIpc) is 3.23. The van der Waals surface area contributed by atoms with Crippen LogP contribution >= 0.6 is 11.3 Å². The zero-order valence-corrected chi connectivity index (χ0v) is 14.1. The van der Waals surface area contributed by atoms with E-state index in [1.807, 2.05) is 16.8 Å². The molecular formula is C15H22N4O4S. The standard InChI is InChI=1S/C8H11NO2S.C7H11N3O2/c9-7(8(10)11)2-1-6-3-4-12-5-6;1-8-6(7(11)12)2-5-3-9-4-10-5/h3-5,7H,1-2,9H2,(H,10,11);3-4,6,8H,2H2,1H3,(H,9,10)(H,11,12)/t;6-/m.0/s1. The molecule has 9 heteroatoms. The normalized spacial score (nSPS) is 12.8. The second-order valence-corrected chi connectivity index (χ2v) is 5.84. The van der Waals surface area contributed by atoms with Gasteiger partial charge in [0.15, 0.2) is 0 Å². The molecule has 6 N–H and O–H groups in total. The first-order valence-electron chi connectivity index (χ1n) is 7.31. The van der Waals surface area contributed by atoms with Crippen LogP contribution in [-0.4, -0.2) is 51.3 Å². The number of carboxylic acids is 2. The van der Waals surface area contributed by atoms with Gasteiger partial charge in [0, 0.05) is 12.6 Å². The van der Waals surface area contributed by atoms with Gasteiger partial charge in [0.2, 0.25) is 0 Å². The van der Waals surface area contributed by atoms with E-state index in [2.05, 4.69) is 15.3 Å². The number of hydrogen-bond acceptors (Lipinski definition) is 6. The Bertz CT molecular complexity index is 601. The Balaban J connectivity index is 0.000000240. The van der Waals surface area contributed by atoms with Crippen LogP contribution in [0.25, 0.3) is 0 Å². The SMILES string of the molecule is CN[C@@H](Cc1c[nH]cn1)C(=O)O.NC(CCc1ccsc1)C(=O)O. The van der Waals surface area contributed by atoms with Gasteiger partial charge in [0.25, 0.3) is 0 Å². The van der Waals surface area contributed by atoms with Crippen molar-refractivity contribution in [2.45, 2.75) is 31.3 Å². The highest BCUT2D eigenvalue weighted by atomic mass is 32.1. The van der Waals surface area contributed by atoms with Gasteiger partial charge in [-0.15, -0.1) is 0 Å². The molecule has 0 bridgehead atoms. The summed E-state index contributed by atoms with van der Waals surface area (Å²) in [6.45, 7) is 0. The van der Waals surface area contributed by atoms with Crippen LogP contribution in [0.15, 0.2) is 29.4 Å². The number of aromatic amines is 1. The molecule has 8 nitrogen and oxygen atoms in total. The van der Waals surface area contributed by atoms with Gasteiger partial charge in [0.05, 0.1) is 12.0 Å². The smallest absolute Gasteiger partial charge is 0.321 e. The lowest BCUT2D eigenvalue weighted by Gasteiger charge is -2.07. The fourth-order valence-electron chi connectivity index (χ4n) is 1.81. The molecule has 0 aliphatic heterocycles. The number of H-pyrrole nitrogens is 1. The molecule has 132 valence electrons. The third-order valence-corrected chi connectivity index (χ3v) is 3.99. The lowest BCUT2D eigenvalue weighted by atomic mass is 10.1. The van der Waals surface area contributed by atoms with E-state index in [4.69, 9.17) is 15.9 Å². The molecular weight excluding hydrogens is 332 g/mol. The fraction of sp³-hybridized carbons (Fsp3) is 0.400. The van der Waals surface area contributed by atoms with Crippen LogP contribution in [0.3, 0.4) is 0 Å². The summed E-state index contributed by atoms with van der Waals surface area (Å²) < 4.78 is 0. The summed E-state index contributed by atoms with van der Waals surface area (Å²) in [7, 11) is 1.62. The average molecular weight is 354 g/mol. The van der Waals surface area contributed by atoms with Crippen molar-refractivity contribution in [1.29, 1.82) is 0 Å². The maximum absolute atomic E-state index is 10.6. The van der Waals surface area contributed by atoms with E-state index in [0.717, 1.165) is 17.7 Å². The minimum absolute atomic E-state index is 0.398. The van der Waals surface area contributed by atoms with Crippen LogP contribution in [0.5, 0.6) is 0 Å². The molecule has 0 saturated heterocycles. The van der Waals surface area contributed by atoms with E-state index in [0.29, 0.717) is 12.8 Å². The van der Waals surface area contributed by atoms with Crippen molar-refractivity contribution in [2.75, 3.05) is 7.05 Å². The third-order valence-electron chi connectivity index (χ3n) is 3.26. The molecule has 2 heterocycles. The van der Waals surface area contributed by atoms with Gasteiger partial charge in [0.1, 0.15) is 12.1 Å². The molecule has 0 aliphatic carbocycles. The fourth-order valence-corrected chi connectivity index (χ4v) is 2.51. The monoisotopic (exact) mass is 354 g/mol. The summed E-state index contributed by atoms with van der Waals surface area (Å²) >= 11 is 1.61. The highest BCUT2D eigenvalue weighted by Crippen LogP contribution is 2.09. The molecule has 0 fully saturated rings. The van der Waals surface area contributed by atoms with Crippen molar-refractivity contribution >= 4 is 23.3 Å². The number of nitrogens with zero attached hydrogens (tertiary/aromatic N) is 1. The molecule has 0 saturated carbocycles. The van der Waals surface area contributed by atoms with E-state index in [-0.39, 0.29) is 0 Å². The number of carbonyl (C=O) groups is 2. The summed E-state index contributed by atoms with van der Waals surface area (Å²) in [5.74, 6) is -1.79. The number of nitrogens with one attached hydrogen (secondary N) is 2. The predicted molar refractivity (Wildman–Crippen MR) is 91.0 cm³/mol.